The molecule has 1 rings (SSSR count). The molecule has 0 aliphatic heterocycles. The highest BCUT2D eigenvalue weighted by molar-refractivity contribution is 14.1. The maximum atomic E-state index is 12.6. The molecule has 0 saturated carbocycles. The number of aliphatic hydroxyl groups excluding tert-OH is 1. The van der Waals surface area contributed by atoms with Crippen molar-refractivity contribution in [3.8, 4) is 0 Å². The molecule has 1 aromatic rings. The Morgan fingerprint density at radius 2 is 1.88 bits per heavy atom. The van der Waals surface area contributed by atoms with Crippen LogP contribution in [-0.2, 0) is 9.84 Å². The van der Waals surface area contributed by atoms with E-state index in [2.05, 4.69) is 0 Å². The lowest BCUT2D eigenvalue weighted by Gasteiger charge is -2.17. The Morgan fingerprint density at radius 3 is 2.31 bits per heavy atom. The van der Waals surface area contributed by atoms with Crippen LogP contribution in [-0.4, -0.2) is 22.5 Å². The number of rotatable bonds is 4. The summed E-state index contributed by atoms with van der Waals surface area (Å²) in [6.45, 7) is 1.53. The molecule has 16 heavy (non-hydrogen) atoms. The fraction of sp³-hybridized carbons (Fsp3) is 0.400. The third kappa shape index (κ3) is 3.14. The van der Waals surface area contributed by atoms with Gasteiger partial charge in [0.15, 0.2) is 9.84 Å². The number of sulfone groups is 1. The van der Waals surface area contributed by atoms with Gasteiger partial charge in [0.2, 0.25) is 0 Å². The fourth-order valence-electron chi connectivity index (χ4n) is 1.17. The number of halogens is 2. The Kier molecular flexibility index (Phi) is 4.69. The summed E-state index contributed by atoms with van der Waals surface area (Å²) in [5.74, 6) is -0.446. The third-order valence-corrected chi connectivity index (χ3v) is 6.96. The molecule has 0 heterocycles. The molecule has 0 radical (unpaired) electrons. The molecule has 0 spiro atoms. The van der Waals surface area contributed by atoms with E-state index in [-0.39, 0.29) is 5.75 Å². The first-order valence-electron chi connectivity index (χ1n) is 4.67. The molecule has 0 unspecified atom stereocenters. The lowest BCUT2D eigenvalue weighted by Crippen LogP contribution is -2.24. The molecule has 1 N–H and O–H groups in total. The monoisotopic (exact) mass is 358 g/mol. The van der Waals surface area contributed by atoms with Gasteiger partial charge in [-0.3, -0.25) is 0 Å². The molecule has 1 aromatic carbocycles. The van der Waals surface area contributed by atoms with Gasteiger partial charge in [-0.15, -0.1) is 0 Å². The van der Waals surface area contributed by atoms with E-state index in [9.17, 15) is 17.9 Å². The third-order valence-electron chi connectivity index (χ3n) is 2.21. The molecule has 0 saturated heterocycles. The van der Waals surface area contributed by atoms with E-state index in [1.807, 2.05) is 0 Å². The Balaban J connectivity index is 2.94. The summed E-state index contributed by atoms with van der Waals surface area (Å²) in [5, 5.41) is 9.84. The highest BCUT2D eigenvalue weighted by atomic mass is 127. The van der Waals surface area contributed by atoms with Crippen LogP contribution in [0.3, 0.4) is 0 Å². The summed E-state index contributed by atoms with van der Waals surface area (Å²) >= 11 is 1.69. The number of aliphatic hydroxyl groups is 1. The van der Waals surface area contributed by atoms with Crippen LogP contribution in [0, 0.1) is 5.82 Å². The minimum Gasteiger partial charge on any atom is -0.386 e. The van der Waals surface area contributed by atoms with Crippen molar-refractivity contribution in [2.24, 2.45) is 0 Å². The van der Waals surface area contributed by atoms with Gasteiger partial charge in [-0.25, -0.2) is 12.8 Å². The van der Waals surface area contributed by atoms with Gasteiger partial charge in [0.1, 0.15) is 15.2 Å². The molecule has 0 aromatic heterocycles. The second-order valence-electron chi connectivity index (χ2n) is 3.30. The fourth-order valence-corrected chi connectivity index (χ4v) is 3.53. The zero-order chi connectivity index (χ0) is 12.3. The second-order valence-corrected chi connectivity index (χ2v) is 7.90. The van der Waals surface area contributed by atoms with Crippen LogP contribution in [0.4, 0.5) is 4.39 Å². The Labute approximate surface area is 108 Å². The normalized spacial score (nSPS) is 15.8. The first kappa shape index (κ1) is 13.9. The van der Waals surface area contributed by atoms with Crippen LogP contribution < -0.4 is 0 Å². The quantitative estimate of drug-likeness (QED) is 0.662. The van der Waals surface area contributed by atoms with Crippen molar-refractivity contribution >= 4 is 32.4 Å². The van der Waals surface area contributed by atoms with E-state index < -0.39 is 25.0 Å². The molecule has 6 heteroatoms. The molecule has 0 aliphatic rings. The number of benzene rings is 1. The highest BCUT2D eigenvalue weighted by Crippen LogP contribution is 2.27. The summed E-state index contributed by atoms with van der Waals surface area (Å²) in [4.78, 5) is 0. The standard InChI is InChI=1S/C10H12FIO3S/c1-2-16(14,15)10(12)9(13)7-3-5-8(11)6-4-7/h3-6,9-10,13H,2H2,1H3/t9-,10-/m1/s1. The van der Waals surface area contributed by atoms with Crippen molar-refractivity contribution in [2.45, 2.75) is 16.3 Å². The van der Waals surface area contributed by atoms with Gasteiger partial charge in [-0.1, -0.05) is 41.6 Å². The Bertz CT molecular complexity index is 444. The molecule has 3 nitrogen and oxygen atoms in total. The zero-order valence-corrected chi connectivity index (χ0v) is 11.6. The maximum absolute atomic E-state index is 12.6. The SMILES string of the molecule is CCS(=O)(=O)[C@@H](I)[C@H](O)c1ccc(F)cc1. The molecule has 90 valence electrons. The van der Waals surface area contributed by atoms with E-state index in [1.54, 1.807) is 22.6 Å². The van der Waals surface area contributed by atoms with Gasteiger partial charge < -0.3 is 5.11 Å². The lowest BCUT2D eigenvalue weighted by molar-refractivity contribution is 0.197. The van der Waals surface area contributed by atoms with Gasteiger partial charge in [-0.2, -0.15) is 0 Å². The first-order chi connectivity index (χ1) is 7.38. The van der Waals surface area contributed by atoms with E-state index in [4.69, 9.17) is 0 Å². The molecular weight excluding hydrogens is 346 g/mol. The Morgan fingerprint density at radius 1 is 1.38 bits per heavy atom. The molecule has 0 fully saturated rings. The maximum Gasteiger partial charge on any atom is 0.164 e. The van der Waals surface area contributed by atoms with Crippen molar-refractivity contribution in [3.05, 3.63) is 35.6 Å². The van der Waals surface area contributed by atoms with Crippen LogP contribution in [0.25, 0.3) is 0 Å². The van der Waals surface area contributed by atoms with Gasteiger partial charge in [0, 0.05) is 5.75 Å². The van der Waals surface area contributed by atoms with Crippen molar-refractivity contribution in [2.75, 3.05) is 5.75 Å². The summed E-state index contributed by atoms with van der Waals surface area (Å²) in [7, 11) is -3.31. The van der Waals surface area contributed by atoms with Crippen LogP contribution in [0.15, 0.2) is 24.3 Å². The van der Waals surface area contributed by atoms with Crippen molar-refractivity contribution < 1.29 is 17.9 Å². The van der Waals surface area contributed by atoms with Gasteiger partial charge in [-0.05, 0) is 17.7 Å². The molecule has 2 atom stereocenters. The van der Waals surface area contributed by atoms with Crippen LogP contribution >= 0.6 is 22.6 Å². The minimum absolute atomic E-state index is 0.0289. The van der Waals surface area contributed by atoms with Crippen LogP contribution in [0.2, 0.25) is 0 Å². The summed E-state index contributed by atoms with van der Waals surface area (Å²) in [6.07, 6.45) is -1.13. The second kappa shape index (κ2) is 5.42. The molecule has 0 aliphatic carbocycles. The number of hydrogen-bond acceptors (Lipinski definition) is 3. The average Bonchev–Trinajstić information content (AvgIpc) is 2.28. The first-order valence-corrected chi connectivity index (χ1v) is 7.63. The topological polar surface area (TPSA) is 54.4 Å². The van der Waals surface area contributed by atoms with Gasteiger partial charge in [0.05, 0.1) is 0 Å². The predicted octanol–water partition coefficient (Wildman–Crippen LogP) is 2.05. The smallest absolute Gasteiger partial charge is 0.164 e. The van der Waals surface area contributed by atoms with Crippen molar-refractivity contribution in [1.29, 1.82) is 0 Å². The molecule has 0 bridgehead atoms. The zero-order valence-electron chi connectivity index (χ0n) is 8.60. The highest BCUT2D eigenvalue weighted by Gasteiger charge is 2.29. The van der Waals surface area contributed by atoms with Gasteiger partial charge in [0.25, 0.3) is 0 Å². The van der Waals surface area contributed by atoms with E-state index in [1.165, 1.54) is 31.2 Å². The summed E-state index contributed by atoms with van der Waals surface area (Å²) in [6, 6.07) is 5.16. The van der Waals surface area contributed by atoms with Crippen LogP contribution in [0.5, 0.6) is 0 Å². The van der Waals surface area contributed by atoms with E-state index in [0.29, 0.717) is 5.56 Å². The number of alkyl halides is 1. The van der Waals surface area contributed by atoms with E-state index >= 15 is 0 Å². The van der Waals surface area contributed by atoms with E-state index in [0.717, 1.165) is 0 Å². The molecule has 0 amide bonds. The average molecular weight is 358 g/mol. The Hall–Kier alpha value is -0.210. The largest absolute Gasteiger partial charge is 0.386 e. The predicted molar refractivity (Wildman–Crippen MR) is 68.6 cm³/mol. The van der Waals surface area contributed by atoms with Crippen molar-refractivity contribution in [1.82, 2.24) is 0 Å². The van der Waals surface area contributed by atoms with Gasteiger partial charge >= 0.3 is 0 Å². The summed E-state index contributed by atoms with van der Waals surface area (Å²) < 4.78 is 34.8. The molecular formula is C10H12FIO3S. The minimum atomic E-state index is -3.31. The van der Waals surface area contributed by atoms with Crippen LogP contribution in [0.1, 0.15) is 18.6 Å². The summed E-state index contributed by atoms with van der Waals surface area (Å²) in [5.41, 5.74) is 0.401. The number of hydrogen-bond donors (Lipinski definition) is 1. The lowest BCUT2D eigenvalue weighted by atomic mass is 10.1. The van der Waals surface area contributed by atoms with Crippen molar-refractivity contribution in [3.63, 3.8) is 0 Å².